The topological polar surface area (TPSA) is 74.1 Å². The van der Waals surface area contributed by atoms with Crippen molar-refractivity contribution < 1.29 is 9.59 Å². The molecule has 6 nitrogen and oxygen atoms in total. The lowest BCUT2D eigenvalue weighted by molar-refractivity contribution is -0.121. The minimum atomic E-state index is -0.570. The fourth-order valence-corrected chi connectivity index (χ4v) is 5.65. The molecule has 0 fully saturated rings. The van der Waals surface area contributed by atoms with Crippen molar-refractivity contribution in [2.24, 2.45) is 10.1 Å². The Morgan fingerprint density at radius 1 is 1.03 bits per heavy atom. The van der Waals surface area contributed by atoms with Gasteiger partial charge in [0.15, 0.2) is 5.17 Å². The molecule has 3 aromatic rings. The number of nitrogens with zero attached hydrogens (tertiary/aromatic N) is 3. The van der Waals surface area contributed by atoms with E-state index in [0.29, 0.717) is 11.6 Å². The average molecular weight is 511 g/mol. The smallest absolute Gasteiger partial charge is 0.262 e. The van der Waals surface area contributed by atoms with Gasteiger partial charge in [0.1, 0.15) is 5.25 Å². The van der Waals surface area contributed by atoms with Crippen molar-refractivity contribution in [3.63, 3.8) is 0 Å². The molecule has 0 aliphatic carbocycles. The number of rotatable bonds is 6. The molecule has 0 aromatic heterocycles. The third-order valence-corrected chi connectivity index (χ3v) is 8.11. The molecule has 7 heteroatoms. The molecule has 0 spiro atoms. The Balaban J connectivity index is 1.35. The molecule has 0 unspecified atom stereocenters. The number of nitrogens with one attached hydrogen (secondary N) is 1. The van der Waals surface area contributed by atoms with Crippen LogP contribution in [0.25, 0.3) is 0 Å². The monoisotopic (exact) mass is 510 g/mol. The number of hydrazone groups is 1. The maximum atomic E-state index is 12.9. The summed E-state index contributed by atoms with van der Waals surface area (Å²) in [4.78, 5) is 30.0. The van der Waals surface area contributed by atoms with E-state index in [2.05, 4.69) is 53.6 Å². The number of hydrogen-bond acceptors (Lipinski definition) is 5. The van der Waals surface area contributed by atoms with Crippen LogP contribution in [0.3, 0.4) is 0 Å². The van der Waals surface area contributed by atoms with Gasteiger partial charge >= 0.3 is 0 Å². The van der Waals surface area contributed by atoms with Gasteiger partial charge in [-0.25, -0.2) is 5.01 Å². The van der Waals surface area contributed by atoms with Gasteiger partial charge in [-0.15, -0.1) is 0 Å². The summed E-state index contributed by atoms with van der Waals surface area (Å²) in [6, 6.07) is 24.4. The lowest BCUT2D eigenvalue weighted by Crippen LogP contribution is -2.25. The maximum absolute atomic E-state index is 12.9. The second kappa shape index (κ2) is 10.7. The van der Waals surface area contributed by atoms with Crippen molar-refractivity contribution in [2.45, 2.75) is 51.3 Å². The van der Waals surface area contributed by atoms with E-state index < -0.39 is 5.25 Å². The molecule has 2 heterocycles. The van der Waals surface area contributed by atoms with Crippen LogP contribution in [-0.2, 0) is 16.0 Å². The minimum Gasteiger partial charge on any atom is -0.326 e. The molecule has 2 amide bonds. The zero-order valence-electron chi connectivity index (χ0n) is 21.3. The zero-order valence-corrected chi connectivity index (χ0v) is 22.1. The van der Waals surface area contributed by atoms with E-state index in [1.165, 1.54) is 17.3 Å². The number of hydrogen-bond donors (Lipinski definition) is 1. The third-order valence-electron chi connectivity index (χ3n) is 6.96. The van der Waals surface area contributed by atoms with E-state index in [4.69, 9.17) is 5.10 Å². The summed E-state index contributed by atoms with van der Waals surface area (Å²) < 4.78 is 0. The molecular weight excluding hydrogens is 480 g/mol. The highest BCUT2D eigenvalue weighted by molar-refractivity contribution is 8.15. The van der Waals surface area contributed by atoms with Crippen LogP contribution < -0.4 is 5.32 Å². The molecule has 3 aromatic carbocycles. The molecule has 0 saturated heterocycles. The van der Waals surface area contributed by atoms with Crippen molar-refractivity contribution in [3.05, 3.63) is 101 Å². The van der Waals surface area contributed by atoms with E-state index in [0.717, 1.165) is 40.1 Å². The van der Waals surface area contributed by atoms with E-state index in [1.54, 1.807) is 0 Å². The van der Waals surface area contributed by atoms with Gasteiger partial charge in [0, 0.05) is 18.5 Å². The standard InChI is InChI=1S/C30H30N4O2S/c1-4-21-13-15-23(16-14-21)26-17-25(22-10-6-5-7-11-22)33-34(26)30-32-29(36)27(37-30)18-28(35)31-24-12-8-9-19(2)20(24)3/h5-16,26-27H,4,17-18H2,1-3H3,(H,31,35)/t26-,27+/m1/s1. The van der Waals surface area contributed by atoms with Gasteiger partial charge in [0.25, 0.3) is 5.91 Å². The summed E-state index contributed by atoms with van der Waals surface area (Å²) in [5.41, 5.74) is 7.31. The number of carbonyl (C=O) groups excluding carboxylic acids is 2. The fraction of sp³-hybridized carbons (Fsp3) is 0.267. The van der Waals surface area contributed by atoms with E-state index in [9.17, 15) is 9.59 Å². The fourth-order valence-electron chi connectivity index (χ4n) is 4.59. The van der Waals surface area contributed by atoms with Gasteiger partial charge in [-0.3, -0.25) is 9.59 Å². The predicted molar refractivity (Wildman–Crippen MR) is 151 cm³/mol. The second-order valence-electron chi connectivity index (χ2n) is 9.41. The zero-order chi connectivity index (χ0) is 25.9. The Kier molecular flexibility index (Phi) is 7.24. The van der Waals surface area contributed by atoms with Crippen LogP contribution in [0, 0.1) is 13.8 Å². The SMILES string of the molecule is CCc1ccc([C@H]2CC(c3ccccc3)=NN2C2=NC(=O)[C@H](CC(=O)Nc3cccc(C)c3C)S2)cc1. The summed E-state index contributed by atoms with van der Waals surface area (Å²) in [6.07, 6.45) is 1.74. The van der Waals surface area contributed by atoms with Crippen LogP contribution in [0.2, 0.25) is 0 Å². The van der Waals surface area contributed by atoms with Gasteiger partial charge in [0.2, 0.25) is 5.91 Å². The quantitative estimate of drug-likeness (QED) is 0.439. The first-order chi connectivity index (χ1) is 17.9. The van der Waals surface area contributed by atoms with Crippen molar-refractivity contribution >= 4 is 40.1 Å². The Morgan fingerprint density at radius 2 is 1.78 bits per heavy atom. The number of thioether (sulfide) groups is 1. The van der Waals surface area contributed by atoms with Crippen LogP contribution in [0.4, 0.5) is 5.69 Å². The number of aryl methyl sites for hydroxylation is 2. The van der Waals surface area contributed by atoms with Gasteiger partial charge < -0.3 is 5.32 Å². The van der Waals surface area contributed by atoms with Crippen LogP contribution in [-0.4, -0.2) is 33.0 Å². The highest BCUT2D eigenvalue weighted by Crippen LogP contribution is 2.38. The number of benzene rings is 3. The molecule has 188 valence electrons. The number of anilines is 1. The largest absolute Gasteiger partial charge is 0.326 e. The number of aliphatic imine (C=N–C) groups is 1. The van der Waals surface area contributed by atoms with Gasteiger partial charge in [-0.1, -0.05) is 85.4 Å². The predicted octanol–water partition coefficient (Wildman–Crippen LogP) is 6.04. The van der Waals surface area contributed by atoms with Crippen LogP contribution in [0.15, 0.2) is 82.9 Å². The van der Waals surface area contributed by atoms with E-state index in [1.807, 2.05) is 55.3 Å². The number of carbonyl (C=O) groups is 2. The first-order valence-electron chi connectivity index (χ1n) is 12.6. The van der Waals surface area contributed by atoms with E-state index >= 15 is 0 Å². The Hall–Kier alpha value is -3.71. The van der Waals surface area contributed by atoms with Gasteiger partial charge in [-0.05, 0) is 54.2 Å². The van der Waals surface area contributed by atoms with Crippen LogP contribution >= 0.6 is 11.8 Å². The number of amides is 2. The summed E-state index contributed by atoms with van der Waals surface area (Å²) in [6.45, 7) is 6.12. The Bertz CT molecular complexity index is 1380. The molecular formula is C30H30N4O2S. The number of amidine groups is 1. The highest BCUT2D eigenvalue weighted by Gasteiger charge is 2.39. The molecule has 1 N–H and O–H groups in total. The average Bonchev–Trinajstić information content (AvgIpc) is 3.51. The molecule has 2 aliphatic rings. The van der Waals surface area contributed by atoms with Gasteiger partial charge in [-0.2, -0.15) is 10.1 Å². The van der Waals surface area contributed by atoms with E-state index in [-0.39, 0.29) is 24.3 Å². The highest BCUT2D eigenvalue weighted by atomic mass is 32.2. The normalized spacial score (nSPS) is 19.1. The van der Waals surface area contributed by atoms with Crippen molar-refractivity contribution in [3.8, 4) is 0 Å². The molecule has 5 rings (SSSR count). The first-order valence-corrected chi connectivity index (χ1v) is 13.5. The minimum absolute atomic E-state index is 0.0584. The molecule has 2 aliphatic heterocycles. The Labute approximate surface area is 221 Å². The third kappa shape index (κ3) is 5.37. The summed E-state index contributed by atoms with van der Waals surface area (Å²) in [5, 5.41) is 9.73. The molecule has 37 heavy (non-hydrogen) atoms. The second-order valence-corrected chi connectivity index (χ2v) is 10.6. The molecule has 0 radical (unpaired) electrons. The van der Waals surface area contributed by atoms with Crippen molar-refractivity contribution in [1.82, 2.24) is 5.01 Å². The van der Waals surface area contributed by atoms with Crippen molar-refractivity contribution in [1.29, 1.82) is 0 Å². The summed E-state index contributed by atoms with van der Waals surface area (Å²) >= 11 is 1.32. The van der Waals surface area contributed by atoms with Crippen LogP contribution in [0.1, 0.15) is 53.6 Å². The lowest BCUT2D eigenvalue weighted by atomic mass is 9.97. The van der Waals surface area contributed by atoms with Gasteiger partial charge in [0.05, 0.1) is 11.8 Å². The van der Waals surface area contributed by atoms with Crippen LogP contribution in [0.5, 0.6) is 0 Å². The molecule has 0 bridgehead atoms. The Morgan fingerprint density at radius 3 is 2.51 bits per heavy atom. The summed E-state index contributed by atoms with van der Waals surface area (Å²) in [7, 11) is 0. The van der Waals surface area contributed by atoms with Crippen molar-refractivity contribution in [2.75, 3.05) is 5.32 Å². The first kappa shape index (κ1) is 25.0. The maximum Gasteiger partial charge on any atom is 0.262 e. The molecule has 2 atom stereocenters. The summed E-state index contributed by atoms with van der Waals surface area (Å²) in [5.74, 6) is -0.489. The lowest BCUT2D eigenvalue weighted by Gasteiger charge is -2.23. The molecule has 0 saturated carbocycles.